The molecular weight excluding hydrogens is 540 g/mol. The third-order valence-electron chi connectivity index (χ3n) is 5.90. The Kier molecular flexibility index (Phi) is 6.57. The molecule has 1 aromatic carbocycles. The zero-order valence-electron chi connectivity index (χ0n) is 18.1. The number of anilines is 1. The van der Waals surface area contributed by atoms with E-state index in [4.69, 9.17) is 16.6 Å². The molecule has 0 amide bonds. The summed E-state index contributed by atoms with van der Waals surface area (Å²) in [5, 5.41) is 8.36. The molecule has 0 spiro atoms. The number of nitrogens with one attached hydrogen (secondary N) is 1. The summed E-state index contributed by atoms with van der Waals surface area (Å²) in [5.41, 5.74) is 2.56. The standard InChI is InChI=1S/C23H22BrClN6O2S/c24-20-14-28-31-22(27-13-16-3-1-9-26-12-16)11-21(29-23(20)31)17-4-2-10-30(15-17)34(32,33)19-7-5-18(25)6-8-19/h1,3,5-9,11-12,14,17,27H,2,4,10,13,15H2. The van der Waals surface area contributed by atoms with E-state index < -0.39 is 10.0 Å². The van der Waals surface area contributed by atoms with Gasteiger partial charge >= 0.3 is 0 Å². The average molecular weight is 562 g/mol. The number of aromatic nitrogens is 4. The summed E-state index contributed by atoms with van der Waals surface area (Å²) in [4.78, 5) is 9.25. The fraction of sp³-hybridized carbons (Fsp3) is 0.261. The number of hydrogen-bond acceptors (Lipinski definition) is 6. The van der Waals surface area contributed by atoms with Crippen molar-refractivity contribution >= 4 is 49.0 Å². The van der Waals surface area contributed by atoms with Crippen molar-refractivity contribution in [3.05, 3.63) is 81.8 Å². The lowest BCUT2D eigenvalue weighted by molar-refractivity contribution is 0.313. The van der Waals surface area contributed by atoms with E-state index in [1.807, 2.05) is 24.4 Å². The molecule has 3 aromatic heterocycles. The van der Waals surface area contributed by atoms with Crippen molar-refractivity contribution in [2.75, 3.05) is 18.4 Å². The molecule has 1 N–H and O–H groups in total. The number of fused-ring (bicyclic) bond motifs is 1. The normalized spacial score (nSPS) is 17.2. The van der Waals surface area contributed by atoms with Crippen LogP contribution in [0.15, 0.2) is 70.4 Å². The highest BCUT2D eigenvalue weighted by atomic mass is 79.9. The lowest BCUT2D eigenvalue weighted by Crippen LogP contribution is -2.39. The first-order valence-corrected chi connectivity index (χ1v) is 13.5. The van der Waals surface area contributed by atoms with E-state index in [9.17, 15) is 8.42 Å². The monoisotopic (exact) mass is 560 g/mol. The molecule has 0 radical (unpaired) electrons. The topological polar surface area (TPSA) is 92.5 Å². The molecule has 4 heterocycles. The van der Waals surface area contributed by atoms with Crippen molar-refractivity contribution in [1.29, 1.82) is 0 Å². The molecule has 4 aromatic rings. The van der Waals surface area contributed by atoms with Gasteiger partial charge in [-0.2, -0.15) is 13.9 Å². The van der Waals surface area contributed by atoms with Crippen molar-refractivity contribution < 1.29 is 8.42 Å². The largest absolute Gasteiger partial charge is 0.366 e. The van der Waals surface area contributed by atoms with Crippen molar-refractivity contribution in [3.8, 4) is 0 Å². The van der Waals surface area contributed by atoms with Crippen LogP contribution in [0.25, 0.3) is 5.65 Å². The SMILES string of the molecule is O=S(=O)(c1ccc(Cl)cc1)N1CCCC(c2cc(NCc3cccnc3)n3ncc(Br)c3n2)C1. The predicted octanol–water partition coefficient (Wildman–Crippen LogP) is 4.72. The molecule has 0 bridgehead atoms. The Hall–Kier alpha value is -2.53. The zero-order valence-corrected chi connectivity index (χ0v) is 21.3. The van der Waals surface area contributed by atoms with Crippen molar-refractivity contribution in [3.63, 3.8) is 0 Å². The Bertz CT molecular complexity index is 1410. The third-order valence-corrected chi connectivity index (χ3v) is 8.59. The van der Waals surface area contributed by atoms with Crippen LogP contribution in [0.5, 0.6) is 0 Å². The third kappa shape index (κ3) is 4.68. The second-order valence-electron chi connectivity index (χ2n) is 8.17. The summed E-state index contributed by atoms with van der Waals surface area (Å²) in [7, 11) is -3.62. The van der Waals surface area contributed by atoms with Crippen molar-refractivity contribution in [1.82, 2.24) is 23.9 Å². The Morgan fingerprint density at radius 3 is 2.76 bits per heavy atom. The van der Waals surface area contributed by atoms with Crippen LogP contribution < -0.4 is 5.32 Å². The highest BCUT2D eigenvalue weighted by Gasteiger charge is 2.32. The van der Waals surface area contributed by atoms with Crippen LogP contribution in [0.1, 0.15) is 30.0 Å². The number of sulfonamides is 1. The summed E-state index contributed by atoms with van der Waals surface area (Å²) >= 11 is 9.48. The summed E-state index contributed by atoms with van der Waals surface area (Å²) in [6.07, 6.45) is 6.86. The average Bonchev–Trinajstić information content (AvgIpc) is 3.24. The molecular formula is C23H22BrClN6O2S. The van der Waals surface area contributed by atoms with E-state index in [1.165, 1.54) is 0 Å². The molecule has 8 nitrogen and oxygen atoms in total. The lowest BCUT2D eigenvalue weighted by Gasteiger charge is -2.32. The Labute approximate surface area is 211 Å². The van der Waals surface area contributed by atoms with Gasteiger partial charge in [0.1, 0.15) is 5.82 Å². The van der Waals surface area contributed by atoms with Gasteiger partial charge in [0.05, 0.1) is 21.3 Å². The van der Waals surface area contributed by atoms with Gasteiger partial charge in [-0.15, -0.1) is 0 Å². The molecule has 0 aliphatic carbocycles. The van der Waals surface area contributed by atoms with E-state index in [0.29, 0.717) is 30.3 Å². The van der Waals surface area contributed by atoms with Gasteiger partial charge in [-0.05, 0) is 64.7 Å². The van der Waals surface area contributed by atoms with Gasteiger partial charge in [0.25, 0.3) is 0 Å². The number of piperidine rings is 1. The Morgan fingerprint density at radius 1 is 1.18 bits per heavy atom. The second kappa shape index (κ2) is 9.61. The highest BCUT2D eigenvalue weighted by Crippen LogP contribution is 2.32. The number of pyridine rings is 1. The molecule has 34 heavy (non-hydrogen) atoms. The molecule has 1 aliphatic rings. The zero-order chi connectivity index (χ0) is 23.7. The molecule has 1 unspecified atom stereocenters. The molecule has 1 atom stereocenters. The smallest absolute Gasteiger partial charge is 0.243 e. The summed E-state index contributed by atoms with van der Waals surface area (Å²) in [5.74, 6) is 0.744. The first-order chi connectivity index (χ1) is 16.4. The lowest BCUT2D eigenvalue weighted by atomic mass is 9.96. The minimum absolute atomic E-state index is 0.0402. The fourth-order valence-electron chi connectivity index (χ4n) is 4.14. The van der Waals surface area contributed by atoms with Crippen LogP contribution in [0.2, 0.25) is 5.02 Å². The van der Waals surface area contributed by atoms with E-state index in [0.717, 1.165) is 34.4 Å². The van der Waals surface area contributed by atoms with E-state index in [1.54, 1.807) is 45.5 Å². The quantitative estimate of drug-likeness (QED) is 0.366. The molecule has 1 fully saturated rings. The second-order valence-corrected chi connectivity index (χ2v) is 11.4. The Morgan fingerprint density at radius 2 is 2.00 bits per heavy atom. The molecule has 11 heteroatoms. The molecule has 0 saturated carbocycles. The molecule has 5 rings (SSSR count). The van der Waals surface area contributed by atoms with E-state index in [2.05, 4.69) is 31.3 Å². The van der Waals surface area contributed by atoms with Gasteiger partial charge in [0, 0.05) is 49.0 Å². The van der Waals surface area contributed by atoms with E-state index >= 15 is 0 Å². The van der Waals surface area contributed by atoms with Crippen LogP contribution in [-0.2, 0) is 16.6 Å². The van der Waals surface area contributed by atoms with Crippen LogP contribution in [0, 0.1) is 0 Å². The first kappa shape index (κ1) is 23.2. The summed E-state index contributed by atoms with van der Waals surface area (Å²) < 4.78 is 30.6. The number of hydrogen-bond donors (Lipinski definition) is 1. The van der Waals surface area contributed by atoms with Gasteiger partial charge in [0.15, 0.2) is 5.65 Å². The van der Waals surface area contributed by atoms with Gasteiger partial charge in [0.2, 0.25) is 10.0 Å². The molecule has 1 saturated heterocycles. The number of benzene rings is 1. The highest BCUT2D eigenvalue weighted by molar-refractivity contribution is 9.10. The maximum absolute atomic E-state index is 13.2. The number of halogens is 2. The van der Waals surface area contributed by atoms with Gasteiger partial charge in [-0.25, -0.2) is 13.4 Å². The van der Waals surface area contributed by atoms with Crippen LogP contribution in [-0.4, -0.2) is 45.4 Å². The van der Waals surface area contributed by atoms with Crippen LogP contribution in [0.4, 0.5) is 5.82 Å². The van der Waals surface area contributed by atoms with Gasteiger partial charge < -0.3 is 5.32 Å². The van der Waals surface area contributed by atoms with Crippen LogP contribution >= 0.6 is 27.5 Å². The van der Waals surface area contributed by atoms with Crippen molar-refractivity contribution in [2.45, 2.75) is 30.2 Å². The maximum atomic E-state index is 13.2. The fourth-order valence-corrected chi connectivity index (χ4v) is 6.14. The minimum Gasteiger partial charge on any atom is -0.366 e. The van der Waals surface area contributed by atoms with E-state index in [-0.39, 0.29) is 10.8 Å². The maximum Gasteiger partial charge on any atom is 0.243 e. The molecule has 1 aliphatic heterocycles. The van der Waals surface area contributed by atoms with Gasteiger partial charge in [-0.3, -0.25) is 4.98 Å². The van der Waals surface area contributed by atoms with Crippen LogP contribution in [0.3, 0.4) is 0 Å². The first-order valence-electron chi connectivity index (χ1n) is 10.8. The summed E-state index contributed by atoms with van der Waals surface area (Å²) in [6.45, 7) is 1.42. The minimum atomic E-state index is -3.62. The molecule has 176 valence electrons. The van der Waals surface area contributed by atoms with Crippen molar-refractivity contribution in [2.24, 2.45) is 0 Å². The van der Waals surface area contributed by atoms with Gasteiger partial charge in [-0.1, -0.05) is 17.7 Å². The summed E-state index contributed by atoms with van der Waals surface area (Å²) in [6, 6.07) is 12.2. The number of rotatable bonds is 6. The predicted molar refractivity (Wildman–Crippen MR) is 134 cm³/mol. The number of nitrogens with zero attached hydrogens (tertiary/aromatic N) is 5. The Balaban J connectivity index is 1.44.